The fourth-order valence-electron chi connectivity index (χ4n) is 8.21. The number of para-hydroxylation sites is 1. The predicted octanol–water partition coefficient (Wildman–Crippen LogP) is 9.74. The van der Waals surface area contributed by atoms with Gasteiger partial charge in [-0.3, -0.25) is 4.98 Å². The van der Waals surface area contributed by atoms with E-state index in [1.165, 1.54) is 12.0 Å². The van der Waals surface area contributed by atoms with Crippen molar-refractivity contribution < 1.29 is 9.22 Å². The molecule has 0 radical (unpaired) electrons. The number of aromatic nitrogens is 3. The van der Waals surface area contributed by atoms with Crippen molar-refractivity contribution in [2.24, 2.45) is 11.8 Å². The summed E-state index contributed by atoms with van der Waals surface area (Å²) >= 11 is 7.11. The van der Waals surface area contributed by atoms with Crippen LogP contribution in [0.3, 0.4) is 0 Å². The maximum atomic E-state index is 7.46. The number of piperidine rings is 3. The monoisotopic (exact) mass is 649 g/mol. The Kier molecular flexibility index (Phi) is 8.25. The topological polar surface area (TPSA) is 47.9 Å². The van der Waals surface area contributed by atoms with E-state index in [0.29, 0.717) is 34.3 Å². The zero-order chi connectivity index (χ0) is 32.5. The van der Waals surface area contributed by atoms with Gasteiger partial charge in [0.15, 0.2) is 11.9 Å². The molecule has 6 heteroatoms. The number of quaternary nitrogens is 1. The number of hydrogen-bond donors (Lipinski definition) is 0. The van der Waals surface area contributed by atoms with Crippen LogP contribution in [0, 0.1) is 11.8 Å². The van der Waals surface area contributed by atoms with Crippen molar-refractivity contribution in [3.05, 3.63) is 156 Å². The van der Waals surface area contributed by atoms with Gasteiger partial charge in [-0.15, -0.1) is 6.58 Å². The zero-order valence-corrected chi connectivity index (χ0v) is 27.6. The second-order valence-electron chi connectivity index (χ2n) is 13.2. The summed E-state index contributed by atoms with van der Waals surface area (Å²) in [5.74, 6) is 2.04. The van der Waals surface area contributed by atoms with Crippen LogP contribution in [0.5, 0.6) is 5.88 Å². The normalized spacial score (nSPS) is 22.3. The van der Waals surface area contributed by atoms with E-state index in [0.717, 1.165) is 58.1 Å². The Labute approximate surface area is 287 Å². The number of halogens is 1. The molecule has 3 aliphatic heterocycles. The summed E-state index contributed by atoms with van der Waals surface area (Å²) < 4.78 is 8.38. The lowest BCUT2D eigenvalue weighted by molar-refractivity contribution is -0.984. The molecule has 48 heavy (non-hydrogen) atoms. The first-order chi connectivity index (χ1) is 23.6. The summed E-state index contributed by atoms with van der Waals surface area (Å²) in [7, 11) is 0. The molecular weight excluding hydrogens is 612 g/mol. The van der Waals surface area contributed by atoms with E-state index in [1.54, 1.807) is 0 Å². The Morgan fingerprint density at radius 1 is 0.833 bits per heavy atom. The molecule has 6 aromatic rings. The number of ether oxygens (including phenoxy) is 1. The first-order valence-corrected chi connectivity index (χ1v) is 17.2. The number of nitrogens with zero attached hydrogens (tertiary/aromatic N) is 4. The van der Waals surface area contributed by atoms with Gasteiger partial charge in [0.2, 0.25) is 5.88 Å². The number of rotatable bonds is 9. The Morgan fingerprint density at radius 3 is 2.27 bits per heavy atom. The van der Waals surface area contributed by atoms with E-state index in [-0.39, 0.29) is 12.1 Å². The summed E-state index contributed by atoms with van der Waals surface area (Å²) in [4.78, 5) is 14.7. The van der Waals surface area contributed by atoms with Crippen LogP contribution in [-0.2, 0) is 6.54 Å². The van der Waals surface area contributed by atoms with Gasteiger partial charge in [0.1, 0.15) is 17.7 Å². The Hall–Kier alpha value is -4.84. The van der Waals surface area contributed by atoms with Crippen molar-refractivity contribution in [3.63, 3.8) is 0 Å². The lowest BCUT2D eigenvalue weighted by Gasteiger charge is -2.58. The van der Waals surface area contributed by atoms with Crippen LogP contribution in [0.1, 0.15) is 30.1 Å². The van der Waals surface area contributed by atoms with Crippen LogP contribution < -0.4 is 4.74 Å². The van der Waals surface area contributed by atoms with Crippen molar-refractivity contribution in [2.75, 3.05) is 13.1 Å². The summed E-state index contributed by atoms with van der Waals surface area (Å²) in [6.45, 7) is 7.33. The third-order valence-electron chi connectivity index (χ3n) is 10.5. The number of fused-ring (bicyclic) bond motifs is 4. The average Bonchev–Trinajstić information content (AvgIpc) is 3.14. The van der Waals surface area contributed by atoms with Crippen LogP contribution >= 0.6 is 11.6 Å². The molecule has 238 valence electrons. The Morgan fingerprint density at radius 2 is 1.52 bits per heavy atom. The summed E-state index contributed by atoms with van der Waals surface area (Å²) in [6.07, 6.45) is 5.98. The molecule has 4 aromatic carbocycles. The third kappa shape index (κ3) is 5.67. The van der Waals surface area contributed by atoms with Crippen LogP contribution in [-0.4, -0.2) is 38.6 Å². The highest BCUT2D eigenvalue weighted by Crippen LogP contribution is 2.50. The lowest BCUT2D eigenvalue weighted by Crippen LogP contribution is -2.68. The quantitative estimate of drug-likeness (QED) is 0.0889. The first kappa shape index (κ1) is 30.5. The van der Waals surface area contributed by atoms with Gasteiger partial charge in [-0.2, -0.15) is 4.98 Å². The molecule has 2 bridgehead atoms. The average molecular weight is 650 g/mol. The standard InChI is InChI=1S/C42H38ClN4O/c1-2-30-28-47(27-29-14-6-3-7-15-29)25-23-33(30)26-37(47)39(35-22-24-44-36-21-13-12-20-34(35)36)48-42-38(31-16-8-4-9-17-31)40(43)45-41(46-42)32-18-10-5-11-19-32/h2-22,24,30,33,37,39H,1,23,25-28H2/q+1/t30?,33?,37?,39-,47?/m0/s1. The molecule has 0 aliphatic carbocycles. The molecule has 5 atom stereocenters. The summed E-state index contributed by atoms with van der Waals surface area (Å²) in [5, 5.41) is 1.46. The Balaban J connectivity index is 1.33. The fraction of sp³-hybridized carbons (Fsp3) is 0.214. The van der Waals surface area contributed by atoms with Gasteiger partial charge in [0, 0.05) is 47.0 Å². The highest BCUT2D eigenvalue weighted by Gasteiger charge is 2.55. The van der Waals surface area contributed by atoms with E-state index >= 15 is 0 Å². The van der Waals surface area contributed by atoms with Gasteiger partial charge in [-0.1, -0.05) is 127 Å². The molecule has 2 aromatic heterocycles. The molecule has 3 saturated heterocycles. The minimum Gasteiger partial charge on any atom is -0.462 e. The van der Waals surface area contributed by atoms with Crippen LogP contribution in [0.15, 0.2) is 140 Å². The molecule has 4 unspecified atom stereocenters. The molecule has 0 spiro atoms. The van der Waals surface area contributed by atoms with Crippen LogP contribution in [0.25, 0.3) is 33.4 Å². The predicted molar refractivity (Wildman–Crippen MR) is 193 cm³/mol. The third-order valence-corrected chi connectivity index (χ3v) is 10.8. The van der Waals surface area contributed by atoms with E-state index in [2.05, 4.69) is 67.3 Å². The van der Waals surface area contributed by atoms with Gasteiger partial charge in [0.05, 0.1) is 24.2 Å². The van der Waals surface area contributed by atoms with Crippen molar-refractivity contribution in [1.29, 1.82) is 0 Å². The van der Waals surface area contributed by atoms with Gasteiger partial charge in [0.25, 0.3) is 0 Å². The maximum absolute atomic E-state index is 7.46. The molecule has 3 fully saturated rings. The molecule has 5 nitrogen and oxygen atoms in total. The van der Waals surface area contributed by atoms with Crippen molar-refractivity contribution in [1.82, 2.24) is 15.0 Å². The van der Waals surface area contributed by atoms with Crippen molar-refractivity contribution in [3.8, 4) is 28.4 Å². The minimum atomic E-state index is -0.327. The number of pyridine rings is 1. The van der Waals surface area contributed by atoms with Gasteiger partial charge in [-0.25, -0.2) is 4.98 Å². The van der Waals surface area contributed by atoms with Gasteiger partial charge < -0.3 is 9.22 Å². The van der Waals surface area contributed by atoms with E-state index in [1.807, 2.05) is 72.9 Å². The number of benzene rings is 4. The SMILES string of the molecule is C=CC1C[N+]2(Cc3ccccc3)CCC1CC2[C@@H](Oc1nc(-c2ccccc2)nc(Cl)c1-c1ccccc1)c1ccnc2ccccc12. The van der Waals surface area contributed by atoms with Crippen LogP contribution in [0.4, 0.5) is 0 Å². The van der Waals surface area contributed by atoms with Crippen molar-refractivity contribution >= 4 is 22.5 Å². The van der Waals surface area contributed by atoms with E-state index < -0.39 is 0 Å². The number of hydrogen-bond acceptors (Lipinski definition) is 4. The highest BCUT2D eigenvalue weighted by molar-refractivity contribution is 6.32. The van der Waals surface area contributed by atoms with Gasteiger partial charge in [-0.05, 0) is 23.6 Å². The van der Waals surface area contributed by atoms with Gasteiger partial charge >= 0.3 is 0 Å². The van der Waals surface area contributed by atoms with Crippen molar-refractivity contribution in [2.45, 2.75) is 31.5 Å². The summed E-state index contributed by atoms with van der Waals surface area (Å²) in [6, 6.07) is 41.7. The molecule has 5 heterocycles. The Bertz CT molecular complexity index is 2050. The summed E-state index contributed by atoms with van der Waals surface area (Å²) in [5.41, 5.74) is 5.92. The van der Waals surface area contributed by atoms with Crippen LogP contribution in [0.2, 0.25) is 5.15 Å². The van der Waals surface area contributed by atoms with E-state index in [4.69, 9.17) is 31.3 Å². The second-order valence-corrected chi connectivity index (χ2v) is 13.6. The second kappa shape index (κ2) is 13.0. The molecule has 0 saturated carbocycles. The highest BCUT2D eigenvalue weighted by atomic mass is 35.5. The molecular formula is C42H38ClN4O+. The van der Waals surface area contributed by atoms with E-state index in [9.17, 15) is 0 Å². The fourth-order valence-corrected chi connectivity index (χ4v) is 8.48. The smallest absolute Gasteiger partial charge is 0.227 e. The largest absolute Gasteiger partial charge is 0.462 e. The maximum Gasteiger partial charge on any atom is 0.227 e. The minimum absolute atomic E-state index is 0.156. The lowest BCUT2D eigenvalue weighted by atomic mass is 9.71. The molecule has 9 rings (SSSR count). The molecule has 0 amide bonds. The zero-order valence-electron chi connectivity index (χ0n) is 26.8. The first-order valence-electron chi connectivity index (χ1n) is 16.8. The molecule has 0 N–H and O–H groups in total. The molecule has 3 aliphatic rings.